The molecule has 4 N–H and O–H groups in total. The van der Waals surface area contributed by atoms with Gasteiger partial charge >= 0.3 is 0 Å². The second kappa shape index (κ2) is 5.81. The molecule has 0 spiro atoms. The summed E-state index contributed by atoms with van der Waals surface area (Å²) >= 11 is 0. The maximum atomic E-state index is 11.3. The van der Waals surface area contributed by atoms with E-state index in [1.54, 1.807) is 6.07 Å². The number of benzene rings is 1. The summed E-state index contributed by atoms with van der Waals surface area (Å²) < 4.78 is 0. The van der Waals surface area contributed by atoms with E-state index in [2.05, 4.69) is 38.3 Å². The summed E-state index contributed by atoms with van der Waals surface area (Å²) in [5, 5.41) is 18.1. The van der Waals surface area contributed by atoms with Crippen LogP contribution in [0.4, 0.5) is 11.4 Å². The Hall–Kier alpha value is -2.15. The molecule has 1 aromatic carbocycles. The molecular formula is C16H24N4O3. The van der Waals surface area contributed by atoms with Crippen LogP contribution in [0.3, 0.4) is 0 Å². The first-order chi connectivity index (χ1) is 10.5. The number of nitrogens with two attached hydrogens (primary N) is 1. The van der Waals surface area contributed by atoms with Crippen LogP contribution in [0, 0.1) is 10.1 Å². The molecule has 1 aromatic rings. The Morgan fingerprint density at radius 1 is 1.30 bits per heavy atom. The Bertz CT molecular complexity index is 624. The average molecular weight is 320 g/mol. The van der Waals surface area contributed by atoms with Crippen molar-refractivity contribution in [3.05, 3.63) is 33.9 Å². The van der Waals surface area contributed by atoms with Gasteiger partial charge in [0, 0.05) is 28.7 Å². The van der Waals surface area contributed by atoms with E-state index in [1.165, 1.54) is 12.1 Å². The first-order valence-corrected chi connectivity index (χ1v) is 7.63. The molecule has 0 saturated carbocycles. The summed E-state index contributed by atoms with van der Waals surface area (Å²) in [5.41, 5.74) is 5.48. The summed E-state index contributed by atoms with van der Waals surface area (Å²) in [4.78, 5) is 22.0. The molecule has 0 aliphatic carbocycles. The normalized spacial score (nSPS) is 20.0. The number of nitrogens with zero attached hydrogens (tertiary/aromatic N) is 1. The highest BCUT2D eigenvalue weighted by Gasteiger charge is 2.38. The smallest absolute Gasteiger partial charge is 0.293 e. The lowest BCUT2D eigenvalue weighted by atomic mass is 9.79. The number of primary amides is 1. The average Bonchev–Trinajstić information content (AvgIpc) is 2.34. The fourth-order valence-electron chi connectivity index (χ4n) is 3.60. The van der Waals surface area contributed by atoms with E-state index in [0.29, 0.717) is 5.69 Å². The van der Waals surface area contributed by atoms with E-state index < -0.39 is 10.8 Å². The molecule has 2 rings (SSSR count). The molecule has 1 aliphatic rings. The fourth-order valence-corrected chi connectivity index (χ4v) is 3.60. The Morgan fingerprint density at radius 3 is 2.35 bits per heavy atom. The molecule has 23 heavy (non-hydrogen) atoms. The summed E-state index contributed by atoms with van der Waals surface area (Å²) in [7, 11) is 0. The quantitative estimate of drug-likeness (QED) is 0.583. The number of piperidine rings is 1. The third-order valence-electron chi connectivity index (χ3n) is 4.03. The third-order valence-corrected chi connectivity index (χ3v) is 4.03. The number of nitro groups is 1. The molecule has 1 saturated heterocycles. The van der Waals surface area contributed by atoms with Gasteiger partial charge in [0.25, 0.3) is 5.69 Å². The van der Waals surface area contributed by atoms with Crippen molar-refractivity contribution in [2.45, 2.75) is 57.7 Å². The molecule has 0 atom stereocenters. The van der Waals surface area contributed by atoms with Crippen LogP contribution in [-0.2, 0) is 0 Å². The highest BCUT2D eigenvalue weighted by Crippen LogP contribution is 2.33. The minimum Gasteiger partial charge on any atom is -0.377 e. The highest BCUT2D eigenvalue weighted by atomic mass is 16.6. The Labute approximate surface area is 135 Å². The number of carbonyl (C=O) groups is 1. The van der Waals surface area contributed by atoms with Crippen molar-refractivity contribution in [3.63, 3.8) is 0 Å². The molecule has 1 amide bonds. The maximum Gasteiger partial charge on any atom is 0.293 e. The second-order valence-corrected chi connectivity index (χ2v) is 7.50. The first kappa shape index (κ1) is 17.2. The van der Waals surface area contributed by atoms with Crippen LogP contribution in [0.1, 0.15) is 50.9 Å². The van der Waals surface area contributed by atoms with Crippen LogP contribution in [0.5, 0.6) is 0 Å². The summed E-state index contributed by atoms with van der Waals surface area (Å²) in [6.45, 7) is 8.47. The molecular weight excluding hydrogens is 296 g/mol. The molecule has 0 aromatic heterocycles. The van der Waals surface area contributed by atoms with E-state index in [1.807, 2.05) is 0 Å². The van der Waals surface area contributed by atoms with Crippen LogP contribution in [0.25, 0.3) is 0 Å². The zero-order valence-corrected chi connectivity index (χ0v) is 14.0. The lowest BCUT2D eigenvalue weighted by Gasteiger charge is -2.46. The Morgan fingerprint density at radius 2 is 1.87 bits per heavy atom. The molecule has 126 valence electrons. The van der Waals surface area contributed by atoms with E-state index in [0.717, 1.165) is 12.8 Å². The van der Waals surface area contributed by atoms with Gasteiger partial charge in [-0.1, -0.05) is 0 Å². The van der Waals surface area contributed by atoms with E-state index >= 15 is 0 Å². The van der Waals surface area contributed by atoms with Crippen molar-refractivity contribution < 1.29 is 9.72 Å². The predicted octanol–water partition coefficient (Wildman–Crippen LogP) is 2.41. The number of rotatable bonds is 4. The lowest BCUT2D eigenvalue weighted by molar-refractivity contribution is -0.384. The largest absolute Gasteiger partial charge is 0.377 e. The second-order valence-electron chi connectivity index (χ2n) is 7.50. The number of amides is 1. The standard InChI is InChI=1S/C16H24N4O3/c1-15(2)8-11(9-16(3,4)19-15)18-12-6-5-10(14(17)21)7-13(12)20(22)23/h5-7,11,18-19H,8-9H2,1-4H3,(H2,17,21). The number of hydrogen-bond donors (Lipinski definition) is 3. The van der Waals surface area contributed by atoms with Crippen LogP contribution in [0.15, 0.2) is 18.2 Å². The third kappa shape index (κ3) is 4.19. The number of nitro benzene ring substituents is 1. The fraction of sp³-hybridized carbons (Fsp3) is 0.562. The predicted molar refractivity (Wildman–Crippen MR) is 89.6 cm³/mol. The van der Waals surface area contributed by atoms with Crippen molar-refractivity contribution in [3.8, 4) is 0 Å². The first-order valence-electron chi connectivity index (χ1n) is 7.63. The molecule has 0 radical (unpaired) electrons. The van der Waals surface area contributed by atoms with Crippen LogP contribution >= 0.6 is 0 Å². The van der Waals surface area contributed by atoms with Crippen molar-refractivity contribution in [1.82, 2.24) is 5.32 Å². The van der Waals surface area contributed by atoms with Gasteiger partial charge in [0.05, 0.1) is 4.92 Å². The molecule has 7 heteroatoms. The zero-order valence-electron chi connectivity index (χ0n) is 14.0. The Kier molecular flexibility index (Phi) is 4.34. The van der Waals surface area contributed by atoms with Crippen LogP contribution in [-0.4, -0.2) is 28.0 Å². The monoisotopic (exact) mass is 320 g/mol. The summed E-state index contributed by atoms with van der Waals surface area (Å²) in [6, 6.07) is 4.39. The van der Waals surface area contributed by atoms with Crippen LogP contribution < -0.4 is 16.4 Å². The van der Waals surface area contributed by atoms with Gasteiger partial charge in [-0.25, -0.2) is 0 Å². The number of carbonyl (C=O) groups excluding carboxylic acids is 1. The van der Waals surface area contributed by atoms with Gasteiger partial charge in [-0.2, -0.15) is 0 Å². The van der Waals surface area contributed by atoms with Crippen LogP contribution in [0.2, 0.25) is 0 Å². The molecule has 7 nitrogen and oxygen atoms in total. The van der Waals surface area contributed by atoms with Gasteiger partial charge in [-0.3, -0.25) is 14.9 Å². The van der Waals surface area contributed by atoms with Crippen molar-refractivity contribution in [2.75, 3.05) is 5.32 Å². The van der Waals surface area contributed by atoms with Gasteiger partial charge in [0.15, 0.2) is 0 Å². The SMILES string of the molecule is CC1(C)CC(Nc2ccc(C(N)=O)cc2[N+](=O)[O-])CC(C)(C)N1. The number of nitrogens with one attached hydrogen (secondary N) is 2. The van der Waals surface area contributed by atoms with Crippen molar-refractivity contribution in [2.24, 2.45) is 5.73 Å². The van der Waals surface area contributed by atoms with Gasteiger partial charge < -0.3 is 16.4 Å². The van der Waals surface area contributed by atoms with Crippen molar-refractivity contribution in [1.29, 1.82) is 0 Å². The van der Waals surface area contributed by atoms with E-state index in [9.17, 15) is 14.9 Å². The topological polar surface area (TPSA) is 110 Å². The molecule has 0 unspecified atom stereocenters. The van der Waals surface area contributed by atoms with Crippen molar-refractivity contribution >= 4 is 17.3 Å². The zero-order chi connectivity index (χ0) is 17.4. The lowest BCUT2D eigenvalue weighted by Crippen LogP contribution is -2.60. The molecule has 1 aliphatic heterocycles. The summed E-state index contributed by atoms with van der Waals surface area (Å²) in [6.07, 6.45) is 1.68. The summed E-state index contributed by atoms with van der Waals surface area (Å²) in [5.74, 6) is -0.677. The van der Waals surface area contributed by atoms with Gasteiger partial charge in [-0.15, -0.1) is 0 Å². The minimum absolute atomic E-state index is 0.0681. The van der Waals surface area contributed by atoms with Gasteiger partial charge in [0.1, 0.15) is 5.69 Å². The van der Waals surface area contributed by atoms with Gasteiger partial charge in [0.2, 0.25) is 5.91 Å². The molecule has 1 heterocycles. The molecule has 0 bridgehead atoms. The van der Waals surface area contributed by atoms with E-state index in [4.69, 9.17) is 5.73 Å². The van der Waals surface area contributed by atoms with Gasteiger partial charge in [-0.05, 0) is 52.7 Å². The Balaban J connectivity index is 2.29. The van der Waals surface area contributed by atoms with E-state index in [-0.39, 0.29) is 28.4 Å². The number of hydrogen-bond acceptors (Lipinski definition) is 5. The molecule has 1 fully saturated rings. The number of anilines is 1. The maximum absolute atomic E-state index is 11.3. The minimum atomic E-state index is -0.677. The highest BCUT2D eigenvalue weighted by molar-refractivity contribution is 5.94.